The van der Waals surface area contributed by atoms with Crippen LogP contribution >= 0.6 is 23.2 Å². The summed E-state index contributed by atoms with van der Waals surface area (Å²) in [4.78, 5) is 14.0. The van der Waals surface area contributed by atoms with Gasteiger partial charge < -0.3 is 10.1 Å². The molecule has 1 amide bonds. The fourth-order valence-electron chi connectivity index (χ4n) is 2.38. The third kappa shape index (κ3) is 5.47. The Bertz CT molecular complexity index is 491. The number of anilines is 1. The molecular weight excluding hydrogens is 311 g/mol. The summed E-state index contributed by atoms with van der Waals surface area (Å²) in [6.07, 6.45) is 3.65. The van der Waals surface area contributed by atoms with Crippen molar-refractivity contribution in [1.82, 2.24) is 4.90 Å². The van der Waals surface area contributed by atoms with Gasteiger partial charge in [0.25, 0.3) is 0 Å². The predicted molar refractivity (Wildman–Crippen MR) is 86.2 cm³/mol. The SMILES string of the molecule is CN(CC(=O)Nc1ccc(Cl)c(Cl)c1)C[C@H]1CCCCO1. The third-order valence-corrected chi connectivity index (χ3v) is 4.15. The second-order valence-corrected chi connectivity index (χ2v) is 6.18. The van der Waals surface area contributed by atoms with Gasteiger partial charge in [0.1, 0.15) is 0 Å². The van der Waals surface area contributed by atoms with E-state index < -0.39 is 0 Å². The maximum Gasteiger partial charge on any atom is 0.238 e. The van der Waals surface area contributed by atoms with Crippen LogP contribution in [0.5, 0.6) is 0 Å². The van der Waals surface area contributed by atoms with Gasteiger partial charge in [0.05, 0.1) is 22.7 Å². The van der Waals surface area contributed by atoms with Crippen LogP contribution in [-0.4, -0.2) is 43.7 Å². The van der Waals surface area contributed by atoms with Crippen LogP contribution < -0.4 is 5.32 Å². The molecule has 0 bridgehead atoms. The van der Waals surface area contributed by atoms with Crippen molar-refractivity contribution >= 4 is 34.8 Å². The van der Waals surface area contributed by atoms with Gasteiger partial charge in [-0.1, -0.05) is 23.2 Å². The number of carbonyl (C=O) groups excluding carboxylic acids is 1. The van der Waals surface area contributed by atoms with Gasteiger partial charge in [0.2, 0.25) is 5.91 Å². The Morgan fingerprint density at radius 3 is 2.86 bits per heavy atom. The molecule has 0 radical (unpaired) electrons. The zero-order valence-electron chi connectivity index (χ0n) is 12.1. The third-order valence-electron chi connectivity index (χ3n) is 3.41. The summed E-state index contributed by atoms with van der Waals surface area (Å²) in [6.45, 7) is 1.92. The molecule has 4 nitrogen and oxygen atoms in total. The van der Waals surface area contributed by atoms with Gasteiger partial charge in [-0.3, -0.25) is 9.69 Å². The number of amides is 1. The molecule has 1 atom stereocenters. The van der Waals surface area contributed by atoms with Gasteiger partial charge in [-0.15, -0.1) is 0 Å². The molecule has 1 saturated heterocycles. The van der Waals surface area contributed by atoms with E-state index in [-0.39, 0.29) is 12.0 Å². The van der Waals surface area contributed by atoms with Crippen molar-refractivity contribution in [2.24, 2.45) is 0 Å². The summed E-state index contributed by atoms with van der Waals surface area (Å²) in [5.74, 6) is -0.0771. The van der Waals surface area contributed by atoms with Crippen molar-refractivity contribution in [3.8, 4) is 0 Å². The monoisotopic (exact) mass is 330 g/mol. The average molecular weight is 331 g/mol. The summed E-state index contributed by atoms with van der Waals surface area (Å²) >= 11 is 11.8. The molecular formula is C15H20Cl2N2O2. The lowest BCUT2D eigenvalue weighted by molar-refractivity contribution is -0.117. The molecule has 0 unspecified atom stereocenters. The summed E-state index contributed by atoms with van der Waals surface area (Å²) in [5, 5.41) is 3.72. The Labute approximate surface area is 135 Å². The number of hydrogen-bond acceptors (Lipinski definition) is 3. The molecule has 116 valence electrons. The van der Waals surface area contributed by atoms with E-state index in [1.165, 1.54) is 6.42 Å². The molecule has 0 aliphatic carbocycles. The predicted octanol–water partition coefficient (Wildman–Crippen LogP) is 3.43. The smallest absolute Gasteiger partial charge is 0.238 e. The fraction of sp³-hybridized carbons (Fsp3) is 0.533. The average Bonchev–Trinajstić information content (AvgIpc) is 2.43. The first kappa shape index (κ1) is 16.6. The molecule has 2 rings (SSSR count). The molecule has 0 saturated carbocycles. The van der Waals surface area contributed by atoms with Crippen LogP contribution in [0.2, 0.25) is 10.0 Å². The van der Waals surface area contributed by atoms with Crippen LogP contribution in [0, 0.1) is 0 Å². The van der Waals surface area contributed by atoms with E-state index in [9.17, 15) is 4.79 Å². The summed E-state index contributed by atoms with van der Waals surface area (Å²) in [6, 6.07) is 5.04. The Balaban J connectivity index is 1.78. The number of benzene rings is 1. The van der Waals surface area contributed by atoms with Gasteiger partial charge in [-0.2, -0.15) is 0 Å². The number of nitrogens with one attached hydrogen (secondary N) is 1. The molecule has 21 heavy (non-hydrogen) atoms. The lowest BCUT2D eigenvalue weighted by atomic mass is 10.1. The summed E-state index contributed by atoms with van der Waals surface area (Å²) in [7, 11) is 1.92. The Kier molecular flexibility index (Phi) is 6.30. The van der Waals surface area contributed by atoms with Crippen LogP contribution in [0.3, 0.4) is 0 Å². The molecule has 0 aromatic heterocycles. The normalized spacial score (nSPS) is 18.8. The minimum absolute atomic E-state index is 0.0771. The van der Waals surface area contributed by atoms with E-state index in [2.05, 4.69) is 5.32 Å². The number of likely N-dealkylation sites (N-methyl/N-ethyl adjacent to an activating group) is 1. The van der Waals surface area contributed by atoms with Crippen molar-refractivity contribution in [2.75, 3.05) is 32.1 Å². The van der Waals surface area contributed by atoms with Crippen LogP contribution in [0.1, 0.15) is 19.3 Å². The number of carbonyl (C=O) groups is 1. The fourth-order valence-corrected chi connectivity index (χ4v) is 2.68. The minimum atomic E-state index is -0.0771. The maximum atomic E-state index is 12.0. The van der Waals surface area contributed by atoms with E-state index in [0.717, 1.165) is 26.0 Å². The highest BCUT2D eigenvalue weighted by atomic mass is 35.5. The lowest BCUT2D eigenvalue weighted by Crippen LogP contribution is -2.37. The standard InChI is InChI=1S/C15H20Cl2N2O2/c1-19(9-12-4-2-3-7-21-12)10-15(20)18-11-5-6-13(16)14(17)8-11/h5-6,8,12H,2-4,7,9-10H2,1H3,(H,18,20)/t12-/m1/s1. The van der Waals surface area contributed by atoms with Gasteiger partial charge >= 0.3 is 0 Å². The van der Waals surface area contributed by atoms with Gasteiger partial charge in [0.15, 0.2) is 0 Å². The van der Waals surface area contributed by atoms with E-state index in [0.29, 0.717) is 22.3 Å². The molecule has 1 heterocycles. The Hall–Kier alpha value is -0.810. The van der Waals surface area contributed by atoms with Gasteiger partial charge in [-0.25, -0.2) is 0 Å². The molecule has 1 N–H and O–H groups in total. The first-order chi connectivity index (χ1) is 10.0. The van der Waals surface area contributed by atoms with Crippen molar-refractivity contribution in [3.05, 3.63) is 28.2 Å². The van der Waals surface area contributed by atoms with E-state index in [1.807, 2.05) is 11.9 Å². The molecule has 1 aromatic carbocycles. The van der Waals surface area contributed by atoms with Gasteiger partial charge in [0, 0.05) is 18.8 Å². The van der Waals surface area contributed by atoms with Gasteiger partial charge in [-0.05, 0) is 44.5 Å². The molecule has 1 aliphatic rings. The molecule has 1 aliphatic heterocycles. The highest BCUT2D eigenvalue weighted by Gasteiger charge is 2.17. The number of ether oxygens (including phenoxy) is 1. The molecule has 6 heteroatoms. The van der Waals surface area contributed by atoms with E-state index in [1.54, 1.807) is 18.2 Å². The van der Waals surface area contributed by atoms with Crippen LogP contribution in [0.15, 0.2) is 18.2 Å². The number of hydrogen-bond donors (Lipinski definition) is 1. The van der Waals surface area contributed by atoms with Crippen molar-refractivity contribution in [2.45, 2.75) is 25.4 Å². The van der Waals surface area contributed by atoms with Crippen molar-refractivity contribution in [3.63, 3.8) is 0 Å². The highest BCUT2D eigenvalue weighted by molar-refractivity contribution is 6.42. The first-order valence-corrected chi connectivity index (χ1v) is 7.85. The van der Waals surface area contributed by atoms with Crippen molar-refractivity contribution in [1.29, 1.82) is 0 Å². The zero-order chi connectivity index (χ0) is 15.2. The van der Waals surface area contributed by atoms with Crippen molar-refractivity contribution < 1.29 is 9.53 Å². The highest BCUT2D eigenvalue weighted by Crippen LogP contribution is 2.24. The number of halogens is 2. The first-order valence-electron chi connectivity index (χ1n) is 7.09. The summed E-state index contributed by atoms with van der Waals surface area (Å²) in [5.41, 5.74) is 0.650. The van der Waals surface area contributed by atoms with Crippen LogP contribution in [-0.2, 0) is 9.53 Å². The Morgan fingerprint density at radius 2 is 2.19 bits per heavy atom. The number of rotatable bonds is 5. The zero-order valence-corrected chi connectivity index (χ0v) is 13.6. The minimum Gasteiger partial charge on any atom is -0.377 e. The van der Waals surface area contributed by atoms with E-state index in [4.69, 9.17) is 27.9 Å². The summed E-state index contributed by atoms with van der Waals surface area (Å²) < 4.78 is 5.67. The van der Waals surface area contributed by atoms with E-state index >= 15 is 0 Å². The second-order valence-electron chi connectivity index (χ2n) is 5.36. The molecule has 1 aromatic rings. The van der Waals surface area contributed by atoms with Crippen LogP contribution in [0.4, 0.5) is 5.69 Å². The van der Waals surface area contributed by atoms with Crippen LogP contribution in [0.25, 0.3) is 0 Å². The Morgan fingerprint density at radius 1 is 1.38 bits per heavy atom. The maximum absolute atomic E-state index is 12.0. The molecule has 0 spiro atoms. The second kappa shape index (κ2) is 7.99. The quantitative estimate of drug-likeness (QED) is 0.899. The topological polar surface area (TPSA) is 41.6 Å². The number of nitrogens with zero attached hydrogens (tertiary/aromatic N) is 1. The molecule has 1 fully saturated rings. The largest absolute Gasteiger partial charge is 0.377 e. The lowest BCUT2D eigenvalue weighted by Gasteiger charge is -2.27.